The normalized spacial score (nSPS) is 18.2. The number of fused-ring (bicyclic) bond motifs is 2. The Labute approximate surface area is 162 Å². The van der Waals surface area contributed by atoms with Gasteiger partial charge in [0.2, 0.25) is 0 Å². The van der Waals surface area contributed by atoms with Crippen LogP contribution in [-0.2, 0) is 19.1 Å². The maximum atomic E-state index is 12.5. The number of allylic oxidation sites excluding steroid dienone is 3. The first-order chi connectivity index (χ1) is 13.6. The molecule has 136 valence electrons. The monoisotopic (exact) mass is 368 g/mol. The summed E-state index contributed by atoms with van der Waals surface area (Å²) in [7, 11) is 0. The number of carbonyl (C=O) groups is 2. The molecule has 1 aliphatic carbocycles. The van der Waals surface area contributed by atoms with E-state index in [0.29, 0.717) is 34.7 Å². The Morgan fingerprint density at radius 2 is 1.39 bits per heavy atom. The van der Waals surface area contributed by atoms with E-state index in [4.69, 9.17) is 9.47 Å². The van der Waals surface area contributed by atoms with Crippen LogP contribution in [-0.4, -0.2) is 11.9 Å². The van der Waals surface area contributed by atoms with Crippen LogP contribution in [0.1, 0.15) is 23.1 Å². The number of ether oxygens (including phenoxy) is 2. The van der Waals surface area contributed by atoms with Gasteiger partial charge < -0.3 is 9.47 Å². The molecule has 2 aliphatic heterocycles. The van der Waals surface area contributed by atoms with Crippen LogP contribution in [0, 0.1) is 6.92 Å². The minimum Gasteiger partial charge on any atom is -0.423 e. The van der Waals surface area contributed by atoms with Gasteiger partial charge in [-0.3, -0.25) is 0 Å². The number of esters is 2. The minimum atomic E-state index is -0.387. The Morgan fingerprint density at radius 1 is 0.750 bits per heavy atom. The number of benzene rings is 2. The molecule has 0 unspecified atom stereocenters. The van der Waals surface area contributed by atoms with E-state index in [1.54, 1.807) is 6.08 Å². The highest BCUT2D eigenvalue weighted by Gasteiger charge is 2.36. The molecule has 2 aromatic rings. The molecule has 2 heterocycles. The van der Waals surface area contributed by atoms with Gasteiger partial charge in [0.05, 0.1) is 11.1 Å². The predicted octanol–water partition coefficient (Wildman–Crippen LogP) is 4.49. The van der Waals surface area contributed by atoms with Crippen molar-refractivity contribution in [3.63, 3.8) is 0 Å². The Kier molecular flexibility index (Phi) is 3.66. The lowest BCUT2D eigenvalue weighted by Gasteiger charge is -2.03. The van der Waals surface area contributed by atoms with Crippen molar-refractivity contribution < 1.29 is 19.1 Å². The molecule has 0 spiro atoms. The van der Waals surface area contributed by atoms with Crippen LogP contribution in [0.25, 0.3) is 11.1 Å². The Bertz CT molecular complexity index is 1140. The van der Waals surface area contributed by atoms with Crippen LogP contribution in [0.15, 0.2) is 89.4 Å². The van der Waals surface area contributed by atoms with Gasteiger partial charge in [-0.15, -0.1) is 0 Å². The van der Waals surface area contributed by atoms with E-state index in [0.717, 1.165) is 22.3 Å². The summed E-state index contributed by atoms with van der Waals surface area (Å²) >= 11 is 0. The fraction of sp³-hybridized carbons (Fsp3) is 0.0833. The smallest absolute Gasteiger partial charge is 0.344 e. The van der Waals surface area contributed by atoms with Crippen molar-refractivity contribution in [3.05, 3.63) is 106 Å². The third kappa shape index (κ3) is 2.54. The van der Waals surface area contributed by atoms with Gasteiger partial charge in [0, 0.05) is 11.1 Å². The van der Waals surface area contributed by atoms with E-state index < -0.39 is 0 Å². The molecular weight excluding hydrogens is 352 g/mol. The summed E-state index contributed by atoms with van der Waals surface area (Å²) in [6.45, 7) is 1.99. The number of carbonyl (C=O) groups excluding carboxylic acids is 2. The molecule has 0 saturated carbocycles. The molecule has 0 amide bonds. The highest BCUT2D eigenvalue weighted by Crippen LogP contribution is 2.43. The molecule has 0 aromatic heterocycles. The summed E-state index contributed by atoms with van der Waals surface area (Å²) in [4.78, 5) is 25.1. The zero-order chi connectivity index (χ0) is 19.3. The summed E-state index contributed by atoms with van der Waals surface area (Å²) < 4.78 is 11.1. The maximum absolute atomic E-state index is 12.5. The van der Waals surface area contributed by atoms with Gasteiger partial charge >= 0.3 is 11.9 Å². The highest BCUT2D eigenvalue weighted by molar-refractivity contribution is 6.23. The van der Waals surface area contributed by atoms with Crippen LogP contribution in [0.2, 0.25) is 0 Å². The average Bonchev–Trinajstić information content (AvgIpc) is 3.12. The number of hydrogen-bond acceptors (Lipinski definition) is 4. The molecule has 4 heteroatoms. The van der Waals surface area contributed by atoms with Gasteiger partial charge in [-0.05, 0) is 36.6 Å². The molecule has 4 nitrogen and oxygen atoms in total. The van der Waals surface area contributed by atoms with Gasteiger partial charge in [-0.2, -0.15) is 0 Å². The van der Waals surface area contributed by atoms with Crippen LogP contribution in [0.3, 0.4) is 0 Å². The van der Waals surface area contributed by atoms with Crippen molar-refractivity contribution >= 4 is 23.1 Å². The molecule has 0 N–H and O–H groups in total. The van der Waals surface area contributed by atoms with E-state index in [-0.39, 0.29) is 11.9 Å². The second-order valence-electron chi connectivity index (χ2n) is 6.93. The Morgan fingerprint density at radius 3 is 2.14 bits per heavy atom. The molecule has 5 rings (SSSR count). The molecule has 0 saturated heterocycles. The zero-order valence-corrected chi connectivity index (χ0v) is 15.2. The van der Waals surface area contributed by atoms with Crippen molar-refractivity contribution in [2.45, 2.75) is 13.3 Å². The fourth-order valence-corrected chi connectivity index (χ4v) is 3.73. The first-order valence-corrected chi connectivity index (χ1v) is 9.08. The zero-order valence-electron chi connectivity index (χ0n) is 15.2. The summed E-state index contributed by atoms with van der Waals surface area (Å²) in [6.07, 6.45) is 4.05. The maximum Gasteiger partial charge on any atom is 0.344 e. The first kappa shape index (κ1) is 16.5. The van der Waals surface area contributed by atoms with E-state index >= 15 is 0 Å². The fourth-order valence-electron chi connectivity index (χ4n) is 3.73. The van der Waals surface area contributed by atoms with Crippen molar-refractivity contribution in [1.82, 2.24) is 0 Å². The molecular formula is C24H16O4. The second-order valence-corrected chi connectivity index (χ2v) is 6.93. The Balaban J connectivity index is 1.69. The average molecular weight is 368 g/mol. The number of hydrogen-bond donors (Lipinski definition) is 0. The van der Waals surface area contributed by atoms with E-state index in [9.17, 15) is 9.59 Å². The van der Waals surface area contributed by atoms with Gasteiger partial charge in [-0.25, -0.2) is 9.59 Å². The van der Waals surface area contributed by atoms with Crippen molar-refractivity contribution in [1.29, 1.82) is 0 Å². The summed E-state index contributed by atoms with van der Waals surface area (Å²) in [5.41, 5.74) is 5.23. The molecule has 0 fully saturated rings. The quantitative estimate of drug-likeness (QED) is 0.733. The second kappa shape index (κ2) is 6.20. The van der Waals surface area contributed by atoms with Crippen LogP contribution in [0.5, 0.6) is 0 Å². The SMILES string of the molecule is Cc1ccc(C2=C3C=C4OC(=O)C(c5ccccc5)=C4CC=C3OC2=O)cc1. The topological polar surface area (TPSA) is 52.6 Å². The van der Waals surface area contributed by atoms with Gasteiger partial charge in [0.15, 0.2) is 0 Å². The summed E-state index contributed by atoms with van der Waals surface area (Å²) in [5, 5.41) is 0. The first-order valence-electron chi connectivity index (χ1n) is 9.08. The van der Waals surface area contributed by atoms with E-state index in [1.165, 1.54) is 0 Å². The van der Waals surface area contributed by atoms with Gasteiger partial charge in [0.1, 0.15) is 11.5 Å². The van der Waals surface area contributed by atoms with Crippen LogP contribution in [0.4, 0.5) is 0 Å². The van der Waals surface area contributed by atoms with Crippen LogP contribution < -0.4 is 0 Å². The van der Waals surface area contributed by atoms with Crippen molar-refractivity contribution in [2.75, 3.05) is 0 Å². The molecule has 0 atom stereocenters. The molecule has 3 aliphatic rings. The Hall–Kier alpha value is -3.66. The standard InChI is InChI=1S/C24H16O4/c1-14-7-9-16(10-8-14)22-18-13-20-17(11-12-19(18)27-24(22)26)21(23(25)28-20)15-5-3-2-4-6-15/h2-10,12-13H,11H2,1H3. The predicted molar refractivity (Wildman–Crippen MR) is 104 cm³/mol. The largest absolute Gasteiger partial charge is 0.423 e. The lowest BCUT2D eigenvalue weighted by Crippen LogP contribution is -1.98. The van der Waals surface area contributed by atoms with Crippen molar-refractivity contribution in [3.8, 4) is 0 Å². The minimum absolute atomic E-state index is 0.368. The summed E-state index contributed by atoms with van der Waals surface area (Å²) in [6, 6.07) is 17.2. The third-order valence-electron chi connectivity index (χ3n) is 5.12. The third-order valence-corrected chi connectivity index (χ3v) is 5.12. The number of rotatable bonds is 2. The molecule has 2 aromatic carbocycles. The van der Waals surface area contributed by atoms with Gasteiger partial charge in [-0.1, -0.05) is 60.2 Å². The van der Waals surface area contributed by atoms with Crippen LogP contribution >= 0.6 is 0 Å². The van der Waals surface area contributed by atoms with Crippen molar-refractivity contribution in [2.24, 2.45) is 0 Å². The van der Waals surface area contributed by atoms with Gasteiger partial charge in [0.25, 0.3) is 0 Å². The lowest BCUT2D eigenvalue weighted by molar-refractivity contribution is -0.132. The van der Waals surface area contributed by atoms with E-state index in [2.05, 4.69) is 0 Å². The summed E-state index contributed by atoms with van der Waals surface area (Å²) in [5.74, 6) is 0.237. The highest BCUT2D eigenvalue weighted by atomic mass is 16.5. The molecule has 0 bridgehead atoms. The number of aryl methyl sites for hydroxylation is 1. The van der Waals surface area contributed by atoms with E-state index in [1.807, 2.05) is 67.6 Å². The lowest BCUT2D eigenvalue weighted by atomic mass is 9.98. The molecule has 0 radical (unpaired) electrons. The molecule has 28 heavy (non-hydrogen) atoms.